The van der Waals surface area contributed by atoms with Gasteiger partial charge in [0.2, 0.25) is 0 Å². The Balaban J connectivity index is 0.00000196. The van der Waals surface area contributed by atoms with Crippen LogP contribution in [0.2, 0.25) is 0 Å². The van der Waals surface area contributed by atoms with Gasteiger partial charge in [0.1, 0.15) is 11.4 Å². The maximum absolute atomic E-state index is 12.7. The molecule has 6 nitrogen and oxygen atoms in total. The predicted molar refractivity (Wildman–Crippen MR) is 102 cm³/mol. The average molecular weight is 373 g/mol. The highest BCUT2D eigenvalue weighted by atomic mass is 35.5. The quantitative estimate of drug-likeness (QED) is 0.722. The van der Waals surface area contributed by atoms with Crippen molar-refractivity contribution in [2.75, 3.05) is 13.1 Å². The number of hydrogen-bond acceptors (Lipinski definition) is 4. The first-order valence-electron chi connectivity index (χ1n) is 8.52. The molecule has 4 rings (SSSR count). The van der Waals surface area contributed by atoms with Crippen molar-refractivity contribution in [3.8, 4) is 17.1 Å². The van der Waals surface area contributed by atoms with E-state index in [1.807, 2.05) is 42.5 Å². The zero-order chi connectivity index (χ0) is 17.1. The molecule has 0 spiro atoms. The van der Waals surface area contributed by atoms with Crippen LogP contribution in [0.3, 0.4) is 0 Å². The topological polar surface area (TPSA) is 72.1 Å². The summed E-state index contributed by atoms with van der Waals surface area (Å²) in [4.78, 5) is 12.7. The molecule has 1 unspecified atom stereocenters. The SMILES string of the molecule is Cl.O=C(NCC1CCCN1)c1cc(-c2ccco2)nn1-c1ccccc1. The second-order valence-corrected chi connectivity index (χ2v) is 6.14. The number of furan rings is 1. The van der Waals surface area contributed by atoms with E-state index in [4.69, 9.17) is 4.42 Å². The first-order valence-corrected chi connectivity index (χ1v) is 8.52. The number of carbonyl (C=O) groups excluding carboxylic acids is 1. The van der Waals surface area contributed by atoms with E-state index in [9.17, 15) is 4.79 Å². The van der Waals surface area contributed by atoms with Crippen LogP contribution in [0.15, 0.2) is 59.2 Å². The van der Waals surface area contributed by atoms with E-state index >= 15 is 0 Å². The number of benzene rings is 1. The molecule has 1 aliphatic rings. The molecule has 136 valence electrons. The Morgan fingerprint density at radius 1 is 1.27 bits per heavy atom. The average Bonchev–Trinajstić information content (AvgIpc) is 3.41. The predicted octanol–water partition coefficient (Wildman–Crippen LogP) is 3.04. The van der Waals surface area contributed by atoms with Gasteiger partial charge >= 0.3 is 0 Å². The van der Waals surface area contributed by atoms with Crippen LogP contribution in [0.5, 0.6) is 0 Å². The highest BCUT2D eigenvalue weighted by molar-refractivity contribution is 5.94. The van der Waals surface area contributed by atoms with Crippen molar-refractivity contribution in [2.24, 2.45) is 0 Å². The lowest BCUT2D eigenvalue weighted by atomic mass is 10.2. The maximum atomic E-state index is 12.7. The van der Waals surface area contributed by atoms with Gasteiger partial charge in [-0.25, -0.2) is 4.68 Å². The molecule has 0 bridgehead atoms. The molecule has 0 radical (unpaired) electrons. The molecule has 2 aromatic heterocycles. The summed E-state index contributed by atoms with van der Waals surface area (Å²) in [5, 5.41) is 11.0. The minimum atomic E-state index is -0.136. The minimum Gasteiger partial charge on any atom is -0.463 e. The summed E-state index contributed by atoms with van der Waals surface area (Å²) in [6.07, 6.45) is 3.85. The first-order chi connectivity index (χ1) is 12.3. The van der Waals surface area contributed by atoms with E-state index in [0.717, 1.165) is 25.1 Å². The maximum Gasteiger partial charge on any atom is 0.270 e. The van der Waals surface area contributed by atoms with Gasteiger partial charge in [0.25, 0.3) is 5.91 Å². The third-order valence-corrected chi connectivity index (χ3v) is 4.39. The third kappa shape index (κ3) is 3.81. The van der Waals surface area contributed by atoms with Crippen LogP contribution >= 0.6 is 12.4 Å². The second kappa shape index (κ2) is 8.21. The Bertz CT molecular complexity index is 840. The Kier molecular flexibility index (Phi) is 5.75. The summed E-state index contributed by atoms with van der Waals surface area (Å²) in [7, 11) is 0. The van der Waals surface area contributed by atoms with Gasteiger partial charge in [0.05, 0.1) is 12.0 Å². The Morgan fingerprint density at radius 3 is 2.81 bits per heavy atom. The van der Waals surface area contributed by atoms with Gasteiger partial charge in [0.15, 0.2) is 5.76 Å². The van der Waals surface area contributed by atoms with Gasteiger partial charge in [-0.15, -0.1) is 12.4 Å². The fraction of sp³-hybridized carbons (Fsp3) is 0.263. The van der Waals surface area contributed by atoms with Crippen LogP contribution in [-0.2, 0) is 0 Å². The highest BCUT2D eigenvalue weighted by Crippen LogP contribution is 2.22. The molecule has 1 fully saturated rings. The lowest BCUT2D eigenvalue weighted by Gasteiger charge is -2.12. The second-order valence-electron chi connectivity index (χ2n) is 6.14. The van der Waals surface area contributed by atoms with Crippen molar-refractivity contribution in [1.29, 1.82) is 0 Å². The van der Waals surface area contributed by atoms with Crippen molar-refractivity contribution in [1.82, 2.24) is 20.4 Å². The van der Waals surface area contributed by atoms with Crippen molar-refractivity contribution in [3.63, 3.8) is 0 Å². The third-order valence-electron chi connectivity index (χ3n) is 4.39. The zero-order valence-corrected chi connectivity index (χ0v) is 15.0. The van der Waals surface area contributed by atoms with Gasteiger partial charge in [-0.1, -0.05) is 18.2 Å². The minimum absolute atomic E-state index is 0. The first kappa shape index (κ1) is 18.2. The number of amides is 1. The van der Waals surface area contributed by atoms with E-state index in [1.165, 1.54) is 0 Å². The van der Waals surface area contributed by atoms with E-state index < -0.39 is 0 Å². The van der Waals surface area contributed by atoms with Gasteiger partial charge in [-0.2, -0.15) is 5.10 Å². The number of carbonyl (C=O) groups is 1. The van der Waals surface area contributed by atoms with Crippen LogP contribution in [0.1, 0.15) is 23.3 Å². The largest absolute Gasteiger partial charge is 0.463 e. The van der Waals surface area contributed by atoms with Crippen molar-refractivity contribution < 1.29 is 9.21 Å². The molecule has 26 heavy (non-hydrogen) atoms. The number of nitrogens with zero attached hydrogens (tertiary/aromatic N) is 2. The Hall–Kier alpha value is -2.57. The van der Waals surface area contributed by atoms with E-state index in [2.05, 4.69) is 15.7 Å². The van der Waals surface area contributed by atoms with E-state index in [0.29, 0.717) is 29.7 Å². The van der Waals surface area contributed by atoms with Gasteiger partial charge in [-0.3, -0.25) is 4.79 Å². The summed E-state index contributed by atoms with van der Waals surface area (Å²) in [5.74, 6) is 0.504. The fourth-order valence-corrected chi connectivity index (χ4v) is 3.09. The molecular weight excluding hydrogens is 352 g/mol. The molecular formula is C19H21ClN4O2. The molecule has 0 aliphatic carbocycles. The molecule has 0 saturated carbocycles. The number of hydrogen-bond donors (Lipinski definition) is 2. The molecule has 3 heterocycles. The molecule has 2 N–H and O–H groups in total. The smallest absolute Gasteiger partial charge is 0.270 e. The number of halogens is 1. The number of aromatic nitrogens is 2. The summed E-state index contributed by atoms with van der Waals surface area (Å²) in [6, 6.07) is 15.4. The summed E-state index contributed by atoms with van der Waals surface area (Å²) < 4.78 is 7.09. The summed E-state index contributed by atoms with van der Waals surface area (Å²) in [6.45, 7) is 1.64. The molecule has 3 aromatic rings. The van der Waals surface area contributed by atoms with Gasteiger partial charge < -0.3 is 15.1 Å². The van der Waals surface area contributed by atoms with Crippen molar-refractivity contribution in [2.45, 2.75) is 18.9 Å². The molecule has 7 heteroatoms. The highest BCUT2D eigenvalue weighted by Gasteiger charge is 2.20. The number of rotatable bonds is 5. The molecule has 1 aliphatic heterocycles. The van der Waals surface area contributed by atoms with Crippen LogP contribution in [0.25, 0.3) is 17.1 Å². The molecule has 1 aromatic carbocycles. The van der Waals surface area contributed by atoms with E-state index in [-0.39, 0.29) is 18.3 Å². The van der Waals surface area contributed by atoms with Crippen LogP contribution in [-0.4, -0.2) is 34.8 Å². The van der Waals surface area contributed by atoms with Crippen LogP contribution in [0.4, 0.5) is 0 Å². The number of para-hydroxylation sites is 1. The van der Waals surface area contributed by atoms with E-state index in [1.54, 1.807) is 17.0 Å². The normalized spacial score (nSPS) is 16.2. The standard InChI is InChI=1S/C19H20N4O2.ClH/c24-19(21-13-14-6-4-10-20-14)17-12-16(18-9-5-11-25-18)22-23(17)15-7-2-1-3-8-15;/h1-3,5,7-9,11-12,14,20H,4,6,10,13H2,(H,21,24);1H. The van der Waals surface area contributed by atoms with Gasteiger partial charge in [-0.05, 0) is 43.7 Å². The van der Waals surface area contributed by atoms with Crippen molar-refractivity contribution >= 4 is 18.3 Å². The lowest BCUT2D eigenvalue weighted by molar-refractivity contribution is 0.0942. The number of nitrogens with one attached hydrogen (secondary N) is 2. The van der Waals surface area contributed by atoms with Gasteiger partial charge in [0, 0.05) is 18.7 Å². The molecule has 1 amide bonds. The Labute approximate surface area is 158 Å². The van der Waals surface area contributed by atoms with Crippen LogP contribution < -0.4 is 10.6 Å². The molecule has 1 atom stereocenters. The lowest BCUT2D eigenvalue weighted by Crippen LogP contribution is -2.37. The monoisotopic (exact) mass is 372 g/mol. The van der Waals surface area contributed by atoms with Crippen molar-refractivity contribution in [3.05, 3.63) is 60.5 Å². The van der Waals surface area contributed by atoms with Crippen LogP contribution in [0, 0.1) is 0 Å². The zero-order valence-electron chi connectivity index (χ0n) is 14.2. The Morgan fingerprint density at radius 2 is 2.12 bits per heavy atom. The fourth-order valence-electron chi connectivity index (χ4n) is 3.09. The molecule has 1 saturated heterocycles. The summed E-state index contributed by atoms with van der Waals surface area (Å²) >= 11 is 0. The summed E-state index contributed by atoms with van der Waals surface area (Å²) in [5.41, 5.74) is 1.97.